The zero-order chi connectivity index (χ0) is 25.2. The Morgan fingerprint density at radius 1 is 0.882 bits per heavy atom. The number of likely N-dealkylation sites (tertiary alicyclic amines) is 1. The molecule has 0 aromatic carbocycles. The first-order valence-corrected chi connectivity index (χ1v) is 13.8. The molecule has 1 atom stereocenters. The number of amidine groups is 1. The fourth-order valence-electron chi connectivity index (χ4n) is 4.26. The number of oxime groups is 1. The number of hydrogen-bond acceptors (Lipinski definition) is 5. The molecule has 1 heterocycles. The Bertz CT molecular complexity index is 601. The summed E-state index contributed by atoms with van der Waals surface area (Å²) in [6.45, 7) is 8.15. The van der Waals surface area contributed by atoms with Crippen LogP contribution in [0, 0.1) is 0 Å². The number of carbonyl (C=O) groups is 2. The van der Waals surface area contributed by atoms with Crippen molar-refractivity contribution in [2.45, 2.75) is 148 Å². The van der Waals surface area contributed by atoms with Crippen LogP contribution in [0.4, 0.5) is 4.79 Å². The van der Waals surface area contributed by atoms with Gasteiger partial charge in [0.15, 0.2) is 0 Å². The van der Waals surface area contributed by atoms with Crippen LogP contribution in [0.1, 0.15) is 137 Å². The minimum Gasteiger partial charge on any atom is -0.444 e. The van der Waals surface area contributed by atoms with E-state index in [1.165, 1.54) is 81.9 Å². The Hall–Kier alpha value is -1.79. The number of ether oxygens (including phenoxy) is 1. The summed E-state index contributed by atoms with van der Waals surface area (Å²) in [5, 5.41) is 3.80. The van der Waals surface area contributed by atoms with Crippen molar-refractivity contribution in [2.75, 3.05) is 6.54 Å². The Kier molecular flexibility index (Phi) is 15.7. The van der Waals surface area contributed by atoms with Gasteiger partial charge < -0.3 is 15.3 Å². The molecule has 0 radical (unpaired) electrons. The fourth-order valence-corrected chi connectivity index (χ4v) is 4.26. The van der Waals surface area contributed by atoms with Crippen LogP contribution in [-0.4, -0.2) is 41.0 Å². The maximum Gasteiger partial charge on any atom is 0.411 e. The molecule has 0 bridgehead atoms. The lowest BCUT2D eigenvalue weighted by Crippen LogP contribution is -2.43. The van der Waals surface area contributed by atoms with Gasteiger partial charge in [-0.05, 0) is 40.0 Å². The summed E-state index contributed by atoms with van der Waals surface area (Å²) in [7, 11) is 0. The highest BCUT2D eigenvalue weighted by atomic mass is 16.7. The summed E-state index contributed by atoms with van der Waals surface area (Å²) < 4.78 is 5.38. The summed E-state index contributed by atoms with van der Waals surface area (Å²) in [6, 6.07) is -0.660. The van der Waals surface area contributed by atoms with E-state index >= 15 is 0 Å². The third-order valence-electron chi connectivity index (χ3n) is 6.19. The van der Waals surface area contributed by atoms with Gasteiger partial charge in [-0.2, -0.15) is 0 Å². The second kappa shape index (κ2) is 17.6. The lowest BCUT2D eigenvalue weighted by Gasteiger charge is -2.27. The van der Waals surface area contributed by atoms with Crippen LogP contribution in [0.15, 0.2) is 5.16 Å². The number of amides is 1. The van der Waals surface area contributed by atoms with Gasteiger partial charge in [-0.15, -0.1) is 0 Å². The van der Waals surface area contributed by atoms with E-state index in [4.69, 9.17) is 15.3 Å². The molecule has 0 aliphatic carbocycles. The summed E-state index contributed by atoms with van der Waals surface area (Å²) >= 11 is 0. The smallest absolute Gasteiger partial charge is 0.411 e. The number of hydrogen-bond donors (Lipinski definition) is 1. The third-order valence-corrected chi connectivity index (χ3v) is 6.19. The largest absolute Gasteiger partial charge is 0.444 e. The average Bonchev–Trinajstić information content (AvgIpc) is 3.27. The number of unbranched alkanes of at least 4 members (excludes halogenated alkanes) is 13. The van der Waals surface area contributed by atoms with Crippen LogP contribution in [-0.2, 0) is 14.4 Å². The highest BCUT2D eigenvalue weighted by Crippen LogP contribution is 2.22. The highest BCUT2D eigenvalue weighted by Gasteiger charge is 2.38. The maximum atomic E-state index is 12.4. The van der Waals surface area contributed by atoms with Crippen molar-refractivity contribution < 1.29 is 19.2 Å². The molecule has 1 aliphatic rings. The molecule has 1 saturated heterocycles. The first-order valence-electron chi connectivity index (χ1n) is 13.8. The minimum absolute atomic E-state index is 0.328. The van der Waals surface area contributed by atoms with Crippen LogP contribution < -0.4 is 5.73 Å². The Morgan fingerprint density at radius 3 is 1.88 bits per heavy atom. The standard InChI is InChI=1S/C27H51N3O4/c1-5-6-7-8-9-10-11-12-13-14-15-16-17-18-21-24(28)29-34-25(31)23-20-19-22-30(23)26(32)33-27(2,3)4/h23H,5-22H2,1-4H3,(H2,28,29). The third kappa shape index (κ3) is 14.5. The van der Waals surface area contributed by atoms with Crippen molar-refractivity contribution in [3.05, 3.63) is 0 Å². The van der Waals surface area contributed by atoms with E-state index in [0.29, 0.717) is 25.2 Å². The topological polar surface area (TPSA) is 94.2 Å². The van der Waals surface area contributed by atoms with Crippen LogP contribution >= 0.6 is 0 Å². The molecule has 1 unspecified atom stereocenters. The van der Waals surface area contributed by atoms with Crippen molar-refractivity contribution in [3.8, 4) is 0 Å². The molecule has 0 aromatic rings. The molecule has 1 amide bonds. The monoisotopic (exact) mass is 481 g/mol. The van der Waals surface area contributed by atoms with Crippen LogP contribution in [0.2, 0.25) is 0 Å². The summed E-state index contributed by atoms with van der Waals surface area (Å²) in [6.07, 6.45) is 19.7. The molecule has 0 saturated carbocycles. The minimum atomic E-state index is -0.660. The van der Waals surface area contributed by atoms with Gasteiger partial charge in [0.1, 0.15) is 17.5 Å². The number of nitrogens with two attached hydrogens (primary N) is 1. The predicted molar refractivity (Wildman–Crippen MR) is 139 cm³/mol. The van der Waals surface area contributed by atoms with E-state index in [1.807, 2.05) is 0 Å². The second-order valence-electron chi connectivity index (χ2n) is 10.7. The van der Waals surface area contributed by atoms with Gasteiger partial charge in [0.25, 0.3) is 0 Å². The van der Waals surface area contributed by atoms with Gasteiger partial charge >= 0.3 is 12.1 Å². The molecule has 7 heteroatoms. The first kappa shape index (κ1) is 30.2. The molecule has 198 valence electrons. The molecule has 7 nitrogen and oxygen atoms in total. The molecule has 1 rings (SSSR count). The van der Waals surface area contributed by atoms with Gasteiger partial charge in [0.2, 0.25) is 0 Å². The van der Waals surface area contributed by atoms with Crippen LogP contribution in [0.25, 0.3) is 0 Å². The molecule has 1 fully saturated rings. The van der Waals surface area contributed by atoms with E-state index in [2.05, 4.69) is 12.1 Å². The van der Waals surface area contributed by atoms with Gasteiger partial charge in [-0.3, -0.25) is 4.90 Å². The number of nitrogens with zero attached hydrogens (tertiary/aromatic N) is 2. The van der Waals surface area contributed by atoms with Crippen molar-refractivity contribution in [3.63, 3.8) is 0 Å². The lowest BCUT2D eigenvalue weighted by molar-refractivity contribution is -0.148. The van der Waals surface area contributed by atoms with Crippen molar-refractivity contribution in [1.29, 1.82) is 0 Å². The Labute approximate surface area is 208 Å². The second-order valence-corrected chi connectivity index (χ2v) is 10.7. The zero-order valence-corrected chi connectivity index (χ0v) is 22.4. The SMILES string of the molecule is CCCCCCCCCCCCCCCC/C(N)=N\OC(=O)C1CCCN1C(=O)OC(C)(C)C. The number of rotatable bonds is 17. The van der Waals surface area contributed by atoms with E-state index in [9.17, 15) is 9.59 Å². The summed E-state index contributed by atoms with van der Waals surface area (Å²) in [5.41, 5.74) is 5.31. The van der Waals surface area contributed by atoms with E-state index in [0.717, 1.165) is 19.3 Å². The molecule has 0 spiro atoms. The average molecular weight is 482 g/mol. The maximum absolute atomic E-state index is 12.4. The zero-order valence-electron chi connectivity index (χ0n) is 22.4. The van der Waals surface area contributed by atoms with Gasteiger partial charge in [-0.25, -0.2) is 9.59 Å². The molecular weight excluding hydrogens is 430 g/mol. The van der Waals surface area contributed by atoms with Gasteiger partial charge in [0, 0.05) is 13.0 Å². The lowest BCUT2D eigenvalue weighted by atomic mass is 10.0. The summed E-state index contributed by atoms with van der Waals surface area (Å²) in [4.78, 5) is 31.2. The van der Waals surface area contributed by atoms with E-state index < -0.39 is 23.7 Å². The molecular formula is C27H51N3O4. The molecule has 34 heavy (non-hydrogen) atoms. The predicted octanol–water partition coefficient (Wildman–Crippen LogP) is 7.07. The Balaban J connectivity index is 2.08. The highest BCUT2D eigenvalue weighted by molar-refractivity contribution is 5.84. The number of carbonyl (C=O) groups excluding carboxylic acids is 2. The molecule has 1 aliphatic heterocycles. The van der Waals surface area contributed by atoms with E-state index in [-0.39, 0.29) is 0 Å². The van der Waals surface area contributed by atoms with Crippen molar-refractivity contribution in [2.24, 2.45) is 10.9 Å². The molecule has 0 aromatic heterocycles. The van der Waals surface area contributed by atoms with Gasteiger partial charge in [-0.1, -0.05) is 95.6 Å². The summed E-state index contributed by atoms with van der Waals surface area (Å²) in [5.74, 6) is -0.221. The quantitative estimate of drug-likeness (QED) is 0.0788. The van der Waals surface area contributed by atoms with Gasteiger partial charge in [0.05, 0.1) is 0 Å². The first-order chi connectivity index (χ1) is 16.2. The normalized spacial score (nSPS) is 16.6. The van der Waals surface area contributed by atoms with Crippen LogP contribution in [0.5, 0.6) is 0 Å². The molecule has 2 N–H and O–H groups in total. The van der Waals surface area contributed by atoms with E-state index in [1.54, 1.807) is 20.8 Å². The Morgan fingerprint density at radius 2 is 1.38 bits per heavy atom. The van der Waals surface area contributed by atoms with Crippen molar-refractivity contribution >= 4 is 17.9 Å². The fraction of sp³-hybridized carbons (Fsp3) is 0.889. The van der Waals surface area contributed by atoms with Crippen LogP contribution in [0.3, 0.4) is 0 Å². The van der Waals surface area contributed by atoms with Crippen molar-refractivity contribution in [1.82, 2.24) is 4.90 Å².